The van der Waals surface area contributed by atoms with Crippen LogP contribution in [-0.2, 0) is 16.0 Å². The first-order valence-corrected chi connectivity index (χ1v) is 6.84. The highest BCUT2D eigenvalue weighted by Gasteiger charge is 2.22. The summed E-state index contributed by atoms with van der Waals surface area (Å²) in [7, 11) is 0. The van der Waals surface area contributed by atoms with E-state index >= 15 is 0 Å². The van der Waals surface area contributed by atoms with Crippen LogP contribution in [0.4, 0.5) is 0 Å². The van der Waals surface area contributed by atoms with Crippen molar-refractivity contribution in [2.75, 3.05) is 0 Å². The highest BCUT2D eigenvalue weighted by Crippen LogP contribution is 2.23. The summed E-state index contributed by atoms with van der Waals surface area (Å²) in [5, 5.41) is 9.71. The predicted molar refractivity (Wildman–Crippen MR) is 78.2 cm³/mol. The molecule has 0 saturated carbocycles. The Balaban J connectivity index is 3.00. The summed E-state index contributed by atoms with van der Waals surface area (Å²) in [6, 6.07) is 7.14. The van der Waals surface area contributed by atoms with Crippen molar-refractivity contribution in [2.24, 2.45) is 11.7 Å². The number of carbonyl (C=O) groups excluding carboxylic acids is 2. The third kappa shape index (κ3) is 4.54. The Kier molecular flexibility index (Phi) is 6.05. The van der Waals surface area contributed by atoms with Crippen LogP contribution in [0, 0.1) is 5.92 Å². The molecule has 0 spiro atoms. The minimum Gasteiger partial charge on any atom is -0.393 e. The Bertz CT molecular complexity index is 482. The first kappa shape index (κ1) is 16.5. The highest BCUT2D eigenvalue weighted by molar-refractivity contribution is 5.79. The maximum Gasteiger partial charge on any atom is 0.135 e. The lowest BCUT2D eigenvalue weighted by atomic mass is 9.87. The van der Waals surface area contributed by atoms with Gasteiger partial charge in [0.15, 0.2) is 0 Å². The number of ketones is 2. The van der Waals surface area contributed by atoms with Crippen molar-refractivity contribution < 1.29 is 14.7 Å². The van der Waals surface area contributed by atoms with Gasteiger partial charge in [-0.3, -0.25) is 9.59 Å². The molecular weight excluding hydrogens is 254 g/mol. The summed E-state index contributed by atoms with van der Waals surface area (Å²) >= 11 is 0. The van der Waals surface area contributed by atoms with Gasteiger partial charge in [0.05, 0.1) is 6.10 Å². The molecule has 1 rings (SSSR count). The molecule has 1 aromatic carbocycles. The summed E-state index contributed by atoms with van der Waals surface area (Å²) in [5.41, 5.74) is 7.85. The van der Waals surface area contributed by atoms with Crippen LogP contribution >= 0.6 is 0 Å². The van der Waals surface area contributed by atoms with Crippen LogP contribution in [-0.4, -0.2) is 22.8 Å². The molecule has 4 heteroatoms. The van der Waals surface area contributed by atoms with E-state index in [2.05, 4.69) is 0 Å². The number of nitrogens with two attached hydrogens (primary N) is 1. The van der Waals surface area contributed by atoms with Gasteiger partial charge in [0.2, 0.25) is 0 Å². The number of Topliss-reactive ketones (excluding diaryl/α,β-unsaturated/α-hetero) is 2. The fraction of sp³-hybridized carbons (Fsp3) is 0.500. The third-order valence-electron chi connectivity index (χ3n) is 3.51. The quantitative estimate of drug-likeness (QED) is 0.796. The first-order chi connectivity index (χ1) is 9.32. The van der Waals surface area contributed by atoms with Crippen molar-refractivity contribution in [1.82, 2.24) is 0 Å². The summed E-state index contributed by atoms with van der Waals surface area (Å²) in [5.74, 6) is -0.457. The van der Waals surface area contributed by atoms with Crippen molar-refractivity contribution in [2.45, 2.75) is 45.8 Å². The fourth-order valence-corrected chi connectivity index (χ4v) is 2.39. The second kappa shape index (κ2) is 7.31. The highest BCUT2D eigenvalue weighted by atomic mass is 16.3. The SMILES string of the molecule is CC(=O)CC(N)c1ccccc1CC(C(C)=O)C(C)O. The Morgan fingerprint density at radius 1 is 1.25 bits per heavy atom. The molecule has 0 bridgehead atoms. The number of rotatable bonds is 7. The molecule has 110 valence electrons. The minimum atomic E-state index is -0.704. The van der Waals surface area contributed by atoms with Crippen LogP contribution in [0.2, 0.25) is 0 Å². The zero-order valence-electron chi connectivity index (χ0n) is 12.3. The van der Waals surface area contributed by atoms with E-state index in [4.69, 9.17) is 5.73 Å². The summed E-state index contributed by atoms with van der Waals surface area (Å²) in [6.07, 6.45) is 0.00941. The lowest BCUT2D eigenvalue weighted by Gasteiger charge is -2.21. The summed E-state index contributed by atoms with van der Waals surface area (Å²) in [6.45, 7) is 4.61. The smallest absolute Gasteiger partial charge is 0.135 e. The molecule has 0 radical (unpaired) electrons. The molecule has 0 aromatic heterocycles. The van der Waals surface area contributed by atoms with Gasteiger partial charge in [0.25, 0.3) is 0 Å². The van der Waals surface area contributed by atoms with Crippen molar-refractivity contribution >= 4 is 11.6 Å². The van der Waals surface area contributed by atoms with Crippen LogP contribution in [0.1, 0.15) is 44.4 Å². The van der Waals surface area contributed by atoms with E-state index in [0.717, 1.165) is 11.1 Å². The Morgan fingerprint density at radius 2 is 1.85 bits per heavy atom. The van der Waals surface area contributed by atoms with Crippen LogP contribution < -0.4 is 5.73 Å². The molecule has 20 heavy (non-hydrogen) atoms. The lowest BCUT2D eigenvalue weighted by molar-refractivity contribution is -0.123. The summed E-state index contributed by atoms with van der Waals surface area (Å²) in [4.78, 5) is 22.8. The van der Waals surface area contributed by atoms with Crippen molar-refractivity contribution in [3.63, 3.8) is 0 Å². The Labute approximate surface area is 120 Å². The van der Waals surface area contributed by atoms with Crippen LogP contribution in [0.25, 0.3) is 0 Å². The number of hydrogen-bond donors (Lipinski definition) is 2. The van der Waals surface area contributed by atoms with E-state index in [0.29, 0.717) is 6.42 Å². The van der Waals surface area contributed by atoms with Crippen LogP contribution in [0.15, 0.2) is 24.3 Å². The van der Waals surface area contributed by atoms with Crippen molar-refractivity contribution in [3.05, 3.63) is 35.4 Å². The van der Waals surface area contributed by atoms with E-state index in [1.165, 1.54) is 13.8 Å². The normalized spacial score (nSPS) is 15.4. The standard InChI is InChI=1S/C16H23NO3/c1-10(18)8-16(17)14-7-5-4-6-13(14)9-15(11(2)19)12(3)20/h4-7,11,15-16,19H,8-9,17H2,1-3H3. The molecule has 1 aromatic rings. The molecular formula is C16H23NO3. The van der Waals surface area contributed by atoms with Crippen LogP contribution in [0.5, 0.6) is 0 Å². The molecule has 0 aliphatic carbocycles. The second-order valence-corrected chi connectivity index (χ2v) is 5.37. The molecule has 3 atom stereocenters. The van der Waals surface area contributed by atoms with Gasteiger partial charge in [-0.15, -0.1) is 0 Å². The average Bonchev–Trinajstić information content (AvgIpc) is 2.34. The number of aliphatic hydroxyl groups is 1. The number of carbonyl (C=O) groups is 2. The average molecular weight is 277 g/mol. The van der Waals surface area contributed by atoms with Gasteiger partial charge in [-0.2, -0.15) is 0 Å². The van der Waals surface area contributed by atoms with Gasteiger partial charge >= 0.3 is 0 Å². The van der Waals surface area contributed by atoms with Gasteiger partial charge < -0.3 is 10.8 Å². The molecule has 4 nitrogen and oxygen atoms in total. The monoisotopic (exact) mass is 277 g/mol. The number of aliphatic hydroxyl groups excluding tert-OH is 1. The lowest BCUT2D eigenvalue weighted by Crippen LogP contribution is -2.27. The van der Waals surface area contributed by atoms with Crippen molar-refractivity contribution in [3.8, 4) is 0 Å². The van der Waals surface area contributed by atoms with Crippen molar-refractivity contribution in [1.29, 1.82) is 0 Å². The maximum atomic E-state index is 11.6. The van der Waals surface area contributed by atoms with Gasteiger partial charge in [-0.1, -0.05) is 24.3 Å². The van der Waals surface area contributed by atoms with Gasteiger partial charge in [-0.05, 0) is 38.3 Å². The van der Waals surface area contributed by atoms with Gasteiger partial charge in [0, 0.05) is 18.4 Å². The molecule has 0 aliphatic rings. The van der Waals surface area contributed by atoms with E-state index in [1.807, 2.05) is 24.3 Å². The van der Waals surface area contributed by atoms with E-state index in [9.17, 15) is 14.7 Å². The van der Waals surface area contributed by atoms with Gasteiger partial charge in [0.1, 0.15) is 11.6 Å². The fourth-order valence-electron chi connectivity index (χ4n) is 2.39. The largest absolute Gasteiger partial charge is 0.393 e. The third-order valence-corrected chi connectivity index (χ3v) is 3.51. The van der Waals surface area contributed by atoms with Gasteiger partial charge in [-0.25, -0.2) is 0 Å². The predicted octanol–water partition coefficient (Wildman–Crippen LogP) is 1.79. The first-order valence-electron chi connectivity index (χ1n) is 6.84. The molecule has 0 aliphatic heterocycles. The zero-order chi connectivity index (χ0) is 15.3. The van der Waals surface area contributed by atoms with Crippen LogP contribution in [0.3, 0.4) is 0 Å². The number of hydrogen-bond acceptors (Lipinski definition) is 4. The zero-order valence-corrected chi connectivity index (χ0v) is 12.3. The minimum absolute atomic E-state index is 0.0333. The second-order valence-electron chi connectivity index (χ2n) is 5.37. The van der Waals surface area contributed by atoms with E-state index < -0.39 is 12.0 Å². The van der Waals surface area contributed by atoms with E-state index in [1.54, 1.807) is 6.92 Å². The molecule has 0 saturated heterocycles. The van der Waals surface area contributed by atoms with E-state index in [-0.39, 0.29) is 24.0 Å². The molecule has 3 N–H and O–H groups in total. The molecule has 3 unspecified atom stereocenters. The molecule has 0 amide bonds. The summed E-state index contributed by atoms with van der Waals surface area (Å²) < 4.78 is 0. The Morgan fingerprint density at radius 3 is 2.35 bits per heavy atom. The number of benzene rings is 1. The topological polar surface area (TPSA) is 80.4 Å². The Hall–Kier alpha value is -1.52. The maximum absolute atomic E-state index is 11.6. The molecule has 0 heterocycles. The molecule has 0 fully saturated rings.